The van der Waals surface area contributed by atoms with Crippen LogP contribution in [0.5, 0.6) is 0 Å². The van der Waals surface area contributed by atoms with Crippen molar-refractivity contribution in [2.45, 2.75) is 20.3 Å². The molecule has 0 radical (unpaired) electrons. The first kappa shape index (κ1) is 9.43. The Kier molecular flexibility index (Phi) is 6.18. The van der Waals surface area contributed by atoms with Crippen molar-refractivity contribution in [2.24, 2.45) is 0 Å². The zero-order valence-corrected chi connectivity index (χ0v) is 6.64. The molecule has 0 aromatic rings. The molecule has 0 amide bonds. The predicted molar refractivity (Wildman–Crippen MR) is 40.5 cm³/mol. The van der Waals surface area contributed by atoms with Crippen LogP contribution in [0.25, 0.3) is 0 Å². The zero-order valence-electron chi connectivity index (χ0n) is 6.64. The van der Waals surface area contributed by atoms with Gasteiger partial charge in [0.05, 0.1) is 6.61 Å². The van der Waals surface area contributed by atoms with E-state index in [0.29, 0.717) is 19.8 Å². The van der Waals surface area contributed by atoms with Crippen LogP contribution in [-0.4, -0.2) is 25.7 Å². The maximum absolute atomic E-state index is 7.12. The van der Waals surface area contributed by atoms with Crippen LogP contribution in [0.4, 0.5) is 0 Å². The highest BCUT2D eigenvalue weighted by molar-refractivity contribution is 5.73. The molecule has 0 unspecified atom stereocenters. The van der Waals surface area contributed by atoms with E-state index in [1.807, 2.05) is 13.8 Å². The summed E-state index contributed by atoms with van der Waals surface area (Å²) in [5.41, 5.74) is 0. The molecule has 0 aliphatic heterocycles. The van der Waals surface area contributed by atoms with Gasteiger partial charge in [0.1, 0.15) is 6.61 Å². The van der Waals surface area contributed by atoms with E-state index in [-0.39, 0.29) is 5.90 Å². The summed E-state index contributed by atoms with van der Waals surface area (Å²) in [7, 11) is 0. The molecule has 0 rings (SSSR count). The zero-order chi connectivity index (χ0) is 7.82. The van der Waals surface area contributed by atoms with Gasteiger partial charge in [0, 0.05) is 6.61 Å². The smallest absolute Gasteiger partial charge is 0.207 e. The Morgan fingerprint density at radius 3 is 2.60 bits per heavy atom. The summed E-state index contributed by atoms with van der Waals surface area (Å²) in [6.07, 6.45) is 0.986. The third-order valence-electron chi connectivity index (χ3n) is 0.900. The number of ether oxygens (including phenoxy) is 2. The monoisotopic (exact) mass is 145 g/mol. The molecule has 0 fully saturated rings. The first-order valence-electron chi connectivity index (χ1n) is 3.59. The standard InChI is InChI=1S/C7H15NO2/c1-3-5-9-6-7(8)10-4-2/h8H,3-6H2,1-2H3. The van der Waals surface area contributed by atoms with Crippen molar-refractivity contribution in [1.82, 2.24) is 0 Å². The molecule has 0 atom stereocenters. The summed E-state index contributed by atoms with van der Waals surface area (Å²) in [5, 5.41) is 7.12. The molecule has 1 N–H and O–H groups in total. The van der Waals surface area contributed by atoms with E-state index >= 15 is 0 Å². The average Bonchev–Trinajstić information content (AvgIpc) is 1.89. The van der Waals surface area contributed by atoms with E-state index in [0.717, 1.165) is 6.42 Å². The van der Waals surface area contributed by atoms with E-state index in [9.17, 15) is 0 Å². The lowest BCUT2D eigenvalue weighted by atomic mass is 10.5. The molecule has 0 saturated heterocycles. The van der Waals surface area contributed by atoms with Crippen LogP contribution in [0, 0.1) is 5.41 Å². The third kappa shape index (κ3) is 5.56. The molecule has 0 bridgehead atoms. The SMILES string of the molecule is CCCOCC(=N)OCC. The normalized spacial score (nSPS) is 9.40. The molecule has 10 heavy (non-hydrogen) atoms. The minimum atomic E-state index is 0.218. The van der Waals surface area contributed by atoms with Gasteiger partial charge in [0.25, 0.3) is 0 Å². The van der Waals surface area contributed by atoms with E-state index in [4.69, 9.17) is 14.9 Å². The van der Waals surface area contributed by atoms with Gasteiger partial charge in [-0.3, -0.25) is 5.41 Å². The highest BCUT2D eigenvalue weighted by Crippen LogP contribution is 1.83. The van der Waals surface area contributed by atoms with Crippen molar-refractivity contribution < 1.29 is 9.47 Å². The molecule has 3 nitrogen and oxygen atoms in total. The van der Waals surface area contributed by atoms with Gasteiger partial charge in [0.15, 0.2) is 0 Å². The molecular weight excluding hydrogens is 130 g/mol. The first-order chi connectivity index (χ1) is 4.81. The third-order valence-corrected chi connectivity index (χ3v) is 0.900. The second kappa shape index (κ2) is 6.55. The lowest BCUT2D eigenvalue weighted by Gasteiger charge is -2.04. The molecule has 0 aromatic heterocycles. The topological polar surface area (TPSA) is 42.3 Å². The molecule has 0 aliphatic carbocycles. The Morgan fingerprint density at radius 1 is 1.40 bits per heavy atom. The Morgan fingerprint density at radius 2 is 2.10 bits per heavy atom. The van der Waals surface area contributed by atoms with Gasteiger partial charge in [-0.05, 0) is 13.3 Å². The van der Waals surface area contributed by atoms with Crippen LogP contribution in [0.1, 0.15) is 20.3 Å². The first-order valence-corrected chi connectivity index (χ1v) is 3.59. The second-order valence-electron chi connectivity index (χ2n) is 1.91. The Hall–Kier alpha value is -0.570. The van der Waals surface area contributed by atoms with Crippen molar-refractivity contribution in [2.75, 3.05) is 19.8 Å². The van der Waals surface area contributed by atoms with Gasteiger partial charge in [-0.2, -0.15) is 0 Å². The van der Waals surface area contributed by atoms with Crippen LogP contribution < -0.4 is 0 Å². The molecule has 60 valence electrons. The molecule has 0 saturated carbocycles. The van der Waals surface area contributed by atoms with Gasteiger partial charge in [0.2, 0.25) is 5.90 Å². The summed E-state index contributed by atoms with van der Waals surface area (Å²) < 4.78 is 9.89. The fourth-order valence-electron chi connectivity index (χ4n) is 0.525. The largest absolute Gasteiger partial charge is 0.480 e. The van der Waals surface area contributed by atoms with Crippen molar-refractivity contribution in [3.8, 4) is 0 Å². The molecule has 0 spiro atoms. The molecule has 0 heterocycles. The van der Waals surface area contributed by atoms with Crippen LogP contribution in [0.15, 0.2) is 0 Å². The summed E-state index contributed by atoms with van der Waals surface area (Å²) in [6.45, 7) is 5.45. The summed E-state index contributed by atoms with van der Waals surface area (Å²) in [6, 6.07) is 0. The lowest BCUT2D eigenvalue weighted by molar-refractivity contribution is 0.150. The molecular formula is C7H15NO2. The molecule has 3 heteroatoms. The Labute approximate surface area is 61.8 Å². The van der Waals surface area contributed by atoms with Crippen molar-refractivity contribution in [1.29, 1.82) is 5.41 Å². The Bertz CT molecular complexity index is 93.6. The predicted octanol–water partition coefficient (Wildman–Crippen LogP) is 1.43. The fourth-order valence-corrected chi connectivity index (χ4v) is 0.525. The van der Waals surface area contributed by atoms with Crippen LogP contribution in [-0.2, 0) is 9.47 Å². The van der Waals surface area contributed by atoms with Gasteiger partial charge in [-0.15, -0.1) is 0 Å². The van der Waals surface area contributed by atoms with Crippen LogP contribution in [0.3, 0.4) is 0 Å². The molecule has 0 aromatic carbocycles. The quantitative estimate of drug-likeness (QED) is 0.361. The maximum Gasteiger partial charge on any atom is 0.207 e. The number of hydrogen-bond acceptors (Lipinski definition) is 3. The molecule has 0 aliphatic rings. The maximum atomic E-state index is 7.12. The minimum absolute atomic E-state index is 0.218. The highest BCUT2D eigenvalue weighted by atomic mass is 16.5. The summed E-state index contributed by atoms with van der Waals surface area (Å²) >= 11 is 0. The van der Waals surface area contributed by atoms with Crippen LogP contribution >= 0.6 is 0 Å². The van der Waals surface area contributed by atoms with E-state index < -0.39 is 0 Å². The highest BCUT2D eigenvalue weighted by Gasteiger charge is 1.93. The number of nitrogens with one attached hydrogen (secondary N) is 1. The summed E-state index contributed by atoms with van der Waals surface area (Å²) in [4.78, 5) is 0. The van der Waals surface area contributed by atoms with E-state index in [1.165, 1.54) is 0 Å². The van der Waals surface area contributed by atoms with Gasteiger partial charge >= 0.3 is 0 Å². The number of rotatable bonds is 5. The van der Waals surface area contributed by atoms with E-state index in [2.05, 4.69) is 0 Å². The van der Waals surface area contributed by atoms with Crippen LogP contribution in [0.2, 0.25) is 0 Å². The van der Waals surface area contributed by atoms with Crippen molar-refractivity contribution in [3.05, 3.63) is 0 Å². The fraction of sp³-hybridized carbons (Fsp3) is 0.857. The van der Waals surface area contributed by atoms with Gasteiger partial charge in [-0.25, -0.2) is 0 Å². The minimum Gasteiger partial charge on any atom is -0.480 e. The Balaban J connectivity index is 3.05. The average molecular weight is 145 g/mol. The second-order valence-corrected chi connectivity index (χ2v) is 1.91. The van der Waals surface area contributed by atoms with Gasteiger partial charge < -0.3 is 9.47 Å². The van der Waals surface area contributed by atoms with E-state index in [1.54, 1.807) is 0 Å². The van der Waals surface area contributed by atoms with Crippen molar-refractivity contribution >= 4 is 5.90 Å². The van der Waals surface area contributed by atoms with Gasteiger partial charge in [-0.1, -0.05) is 6.92 Å². The lowest BCUT2D eigenvalue weighted by Crippen LogP contribution is -2.11. The van der Waals surface area contributed by atoms with Crippen molar-refractivity contribution in [3.63, 3.8) is 0 Å². The summed E-state index contributed by atoms with van der Waals surface area (Å²) in [5.74, 6) is 0.218. The number of hydrogen-bond donors (Lipinski definition) is 1.